The third-order valence-corrected chi connectivity index (χ3v) is 6.64. The van der Waals surface area contributed by atoms with Crippen molar-refractivity contribution in [2.24, 2.45) is 5.41 Å². The van der Waals surface area contributed by atoms with E-state index in [-0.39, 0.29) is 36.5 Å². The minimum absolute atomic E-state index is 0. The molecule has 4 aliphatic rings. The van der Waals surface area contributed by atoms with E-state index in [1.54, 1.807) is 4.90 Å². The molecule has 1 aromatic rings. The van der Waals surface area contributed by atoms with Gasteiger partial charge in [0, 0.05) is 49.3 Å². The van der Waals surface area contributed by atoms with Gasteiger partial charge >= 0.3 is 0 Å². The summed E-state index contributed by atoms with van der Waals surface area (Å²) in [4.78, 5) is 40.4. The van der Waals surface area contributed by atoms with Crippen molar-refractivity contribution >= 4 is 35.8 Å². The molecule has 1 aromatic carbocycles. The quantitative estimate of drug-likeness (QED) is 0.720. The van der Waals surface area contributed by atoms with E-state index in [0.29, 0.717) is 23.9 Å². The van der Waals surface area contributed by atoms with Gasteiger partial charge in [0.1, 0.15) is 6.04 Å². The molecule has 1 spiro atoms. The topological polar surface area (TPSA) is 81.8 Å². The molecule has 4 heterocycles. The van der Waals surface area contributed by atoms with Gasteiger partial charge in [0.15, 0.2) is 0 Å². The number of anilines is 1. The van der Waals surface area contributed by atoms with E-state index in [4.69, 9.17) is 0 Å². The summed E-state index contributed by atoms with van der Waals surface area (Å²) < 4.78 is 0. The summed E-state index contributed by atoms with van der Waals surface area (Å²) in [5, 5.41) is 5.84. The normalized spacial score (nSPS) is 29.3. The first-order valence-corrected chi connectivity index (χ1v) is 9.78. The third kappa shape index (κ3) is 3.06. The zero-order valence-electron chi connectivity index (χ0n) is 15.7. The Morgan fingerprint density at radius 1 is 1.14 bits per heavy atom. The fourth-order valence-corrected chi connectivity index (χ4v) is 5.06. The number of imide groups is 1. The first-order valence-electron chi connectivity index (χ1n) is 9.78. The number of hydrogen-bond acceptors (Lipinski definition) is 5. The number of fused-ring (bicyclic) bond motifs is 1. The van der Waals surface area contributed by atoms with Crippen molar-refractivity contribution in [2.75, 3.05) is 31.1 Å². The fourth-order valence-electron chi connectivity index (χ4n) is 5.06. The molecule has 0 aliphatic carbocycles. The maximum Gasteiger partial charge on any atom is 0.255 e. The molecule has 150 valence electrons. The van der Waals surface area contributed by atoms with E-state index < -0.39 is 6.04 Å². The van der Waals surface area contributed by atoms with Crippen LogP contribution in [0.4, 0.5) is 5.69 Å². The lowest BCUT2D eigenvalue weighted by Crippen LogP contribution is -2.52. The average molecular weight is 405 g/mol. The monoisotopic (exact) mass is 404 g/mol. The summed E-state index contributed by atoms with van der Waals surface area (Å²) in [6, 6.07) is 5.49. The van der Waals surface area contributed by atoms with Crippen LogP contribution in [0.3, 0.4) is 0 Å². The molecule has 2 unspecified atom stereocenters. The van der Waals surface area contributed by atoms with Gasteiger partial charge in [-0.1, -0.05) is 0 Å². The van der Waals surface area contributed by atoms with Crippen LogP contribution < -0.4 is 15.5 Å². The largest absolute Gasteiger partial charge is 0.371 e. The van der Waals surface area contributed by atoms with Crippen molar-refractivity contribution in [1.29, 1.82) is 0 Å². The number of nitrogens with zero attached hydrogens (tertiary/aromatic N) is 2. The summed E-state index contributed by atoms with van der Waals surface area (Å²) >= 11 is 0. The Morgan fingerprint density at radius 3 is 2.75 bits per heavy atom. The molecule has 2 atom stereocenters. The minimum Gasteiger partial charge on any atom is -0.371 e. The molecule has 8 heteroatoms. The van der Waals surface area contributed by atoms with Crippen LogP contribution in [-0.2, 0) is 16.1 Å². The van der Waals surface area contributed by atoms with Gasteiger partial charge in [-0.05, 0) is 49.6 Å². The lowest BCUT2D eigenvalue weighted by molar-refractivity contribution is -0.136. The zero-order valence-corrected chi connectivity index (χ0v) is 16.5. The molecular weight excluding hydrogens is 380 g/mol. The van der Waals surface area contributed by atoms with E-state index >= 15 is 0 Å². The average Bonchev–Trinajstić information content (AvgIpc) is 3.36. The third-order valence-electron chi connectivity index (χ3n) is 6.64. The van der Waals surface area contributed by atoms with E-state index in [9.17, 15) is 14.4 Å². The second-order valence-corrected chi connectivity index (χ2v) is 8.34. The van der Waals surface area contributed by atoms with Gasteiger partial charge in [0.25, 0.3) is 5.91 Å². The van der Waals surface area contributed by atoms with Crippen molar-refractivity contribution in [3.8, 4) is 0 Å². The number of carbonyl (C=O) groups is 3. The smallest absolute Gasteiger partial charge is 0.255 e. The zero-order chi connectivity index (χ0) is 18.6. The Balaban J connectivity index is 0.00000192. The minimum atomic E-state index is -0.550. The van der Waals surface area contributed by atoms with Gasteiger partial charge in [-0.15, -0.1) is 12.4 Å². The second kappa shape index (κ2) is 7.04. The highest BCUT2D eigenvalue weighted by molar-refractivity contribution is 6.05. The molecule has 3 saturated heterocycles. The Hall–Kier alpha value is -2.12. The SMILES string of the molecule is Cl.O=C1CCC(N2Cc3cc(N4CCC5(CCNC5)C4)ccc3C2=O)C(=O)N1. The van der Waals surface area contributed by atoms with Crippen LogP contribution in [0.15, 0.2) is 18.2 Å². The van der Waals surface area contributed by atoms with Crippen LogP contribution in [0.1, 0.15) is 41.6 Å². The number of halogens is 1. The lowest BCUT2D eigenvalue weighted by Gasteiger charge is -2.29. The highest BCUT2D eigenvalue weighted by Gasteiger charge is 2.42. The Morgan fingerprint density at radius 2 is 2.00 bits per heavy atom. The second-order valence-electron chi connectivity index (χ2n) is 8.34. The molecule has 3 fully saturated rings. The van der Waals surface area contributed by atoms with Crippen molar-refractivity contribution < 1.29 is 14.4 Å². The van der Waals surface area contributed by atoms with Gasteiger partial charge in [0.05, 0.1) is 0 Å². The van der Waals surface area contributed by atoms with Crippen molar-refractivity contribution in [1.82, 2.24) is 15.5 Å². The van der Waals surface area contributed by atoms with Crippen LogP contribution in [0, 0.1) is 5.41 Å². The van der Waals surface area contributed by atoms with Gasteiger partial charge in [-0.3, -0.25) is 19.7 Å². The number of hydrogen-bond donors (Lipinski definition) is 2. The molecule has 0 bridgehead atoms. The number of benzene rings is 1. The summed E-state index contributed by atoms with van der Waals surface area (Å²) in [6.45, 7) is 4.74. The lowest BCUT2D eigenvalue weighted by atomic mass is 9.86. The molecule has 3 amide bonds. The first kappa shape index (κ1) is 19.2. The summed E-state index contributed by atoms with van der Waals surface area (Å²) in [5.74, 6) is -0.723. The summed E-state index contributed by atoms with van der Waals surface area (Å²) in [6.07, 6.45) is 3.12. The van der Waals surface area contributed by atoms with E-state index in [1.807, 2.05) is 12.1 Å². The Labute approximate surface area is 170 Å². The van der Waals surface area contributed by atoms with Crippen LogP contribution in [0.2, 0.25) is 0 Å². The standard InChI is InChI=1S/C20H24N4O3.ClH/c25-17-4-3-16(18(26)22-17)24-10-13-9-14(1-2-15(13)19(24)27)23-8-6-20(12-23)5-7-21-11-20;/h1-2,9,16,21H,3-8,10-12H2,(H,22,25,26);1H. The van der Waals surface area contributed by atoms with Crippen molar-refractivity contribution in [3.63, 3.8) is 0 Å². The maximum absolute atomic E-state index is 12.8. The van der Waals surface area contributed by atoms with Gasteiger partial charge in [0.2, 0.25) is 11.8 Å². The molecule has 7 nitrogen and oxygen atoms in total. The van der Waals surface area contributed by atoms with Crippen LogP contribution >= 0.6 is 12.4 Å². The maximum atomic E-state index is 12.8. The fraction of sp³-hybridized carbons (Fsp3) is 0.550. The number of amides is 3. The highest BCUT2D eigenvalue weighted by Crippen LogP contribution is 2.39. The molecule has 5 rings (SSSR count). The Kier molecular flexibility index (Phi) is 4.83. The van der Waals surface area contributed by atoms with Crippen LogP contribution in [0.5, 0.6) is 0 Å². The molecule has 0 radical (unpaired) electrons. The summed E-state index contributed by atoms with van der Waals surface area (Å²) in [7, 11) is 0. The number of piperidine rings is 1. The highest BCUT2D eigenvalue weighted by atomic mass is 35.5. The van der Waals surface area contributed by atoms with E-state index in [0.717, 1.165) is 37.4 Å². The van der Waals surface area contributed by atoms with Gasteiger partial charge < -0.3 is 15.1 Å². The predicted octanol–water partition coefficient (Wildman–Crippen LogP) is 1.06. The van der Waals surface area contributed by atoms with Crippen molar-refractivity contribution in [2.45, 2.75) is 38.3 Å². The van der Waals surface area contributed by atoms with Gasteiger partial charge in [-0.25, -0.2) is 0 Å². The first-order chi connectivity index (χ1) is 13.0. The van der Waals surface area contributed by atoms with E-state index in [1.165, 1.54) is 12.8 Å². The van der Waals surface area contributed by atoms with E-state index in [2.05, 4.69) is 21.6 Å². The number of nitrogens with one attached hydrogen (secondary N) is 2. The van der Waals surface area contributed by atoms with Crippen LogP contribution in [0.25, 0.3) is 0 Å². The Bertz CT molecular complexity index is 837. The van der Waals surface area contributed by atoms with Crippen molar-refractivity contribution in [3.05, 3.63) is 29.3 Å². The molecular formula is C20H25ClN4O3. The molecule has 4 aliphatic heterocycles. The predicted molar refractivity (Wildman–Crippen MR) is 106 cm³/mol. The number of rotatable bonds is 2. The molecule has 28 heavy (non-hydrogen) atoms. The molecule has 0 saturated carbocycles. The number of carbonyl (C=O) groups excluding carboxylic acids is 3. The molecule has 2 N–H and O–H groups in total. The van der Waals surface area contributed by atoms with Crippen LogP contribution in [-0.4, -0.2) is 54.8 Å². The van der Waals surface area contributed by atoms with Gasteiger partial charge in [-0.2, -0.15) is 0 Å². The summed E-state index contributed by atoms with van der Waals surface area (Å²) in [5.41, 5.74) is 3.22. The molecule has 0 aromatic heterocycles.